The van der Waals surface area contributed by atoms with Gasteiger partial charge in [-0.1, -0.05) is 30.3 Å². The van der Waals surface area contributed by atoms with Gasteiger partial charge in [-0.15, -0.1) is 0 Å². The Hall–Kier alpha value is -2.79. The van der Waals surface area contributed by atoms with Gasteiger partial charge in [0.2, 0.25) is 10.0 Å². The molecule has 0 radical (unpaired) electrons. The largest absolute Gasteiger partial charge is 0.369 e. The van der Waals surface area contributed by atoms with Crippen molar-refractivity contribution in [2.24, 2.45) is 0 Å². The highest BCUT2D eigenvalue weighted by atomic mass is 32.2. The summed E-state index contributed by atoms with van der Waals surface area (Å²) in [4.78, 5) is 26.4. The molecular formula is C23H30N4O5S. The molecule has 2 aromatic carbocycles. The molecule has 3 rings (SSSR count). The van der Waals surface area contributed by atoms with E-state index in [4.69, 9.17) is 4.74 Å². The molecular weight excluding hydrogens is 444 g/mol. The van der Waals surface area contributed by atoms with Gasteiger partial charge in [-0.3, -0.25) is 25.3 Å². The molecule has 2 amide bonds. The summed E-state index contributed by atoms with van der Waals surface area (Å²) in [6, 6.07) is 15.7. The van der Waals surface area contributed by atoms with Gasteiger partial charge in [0.25, 0.3) is 11.8 Å². The first kappa shape index (κ1) is 24.8. The minimum atomic E-state index is -3.66. The number of carbonyl (C=O) groups excluding carboxylic acids is 2. The Labute approximate surface area is 194 Å². The number of hydrazine groups is 1. The standard InChI is InChI=1S/C23H30N4O5S/c1-3-32-18(2)22(28)24-25-23(29)20-9-11-21(12-10-20)33(30,31)27-15-13-26(14-16-27)17-19-7-5-4-6-8-19/h4-12,18H,3,13-17H2,1-2H3,(H,24,28)(H,25,29). The monoisotopic (exact) mass is 474 g/mol. The SMILES string of the molecule is CCOC(C)C(=O)NNC(=O)c1ccc(S(=O)(=O)N2CCN(Cc3ccccc3)CC2)cc1. The van der Waals surface area contributed by atoms with Gasteiger partial charge >= 0.3 is 0 Å². The van der Waals surface area contributed by atoms with Crippen molar-refractivity contribution < 1.29 is 22.7 Å². The molecule has 1 heterocycles. The van der Waals surface area contributed by atoms with E-state index in [0.29, 0.717) is 32.8 Å². The number of carbonyl (C=O) groups is 2. The fourth-order valence-corrected chi connectivity index (χ4v) is 4.94. The molecule has 1 unspecified atom stereocenters. The van der Waals surface area contributed by atoms with E-state index in [0.717, 1.165) is 6.54 Å². The van der Waals surface area contributed by atoms with Gasteiger partial charge in [0, 0.05) is 44.9 Å². The van der Waals surface area contributed by atoms with Crippen LogP contribution in [0.1, 0.15) is 29.8 Å². The molecule has 2 N–H and O–H groups in total. The van der Waals surface area contributed by atoms with E-state index in [9.17, 15) is 18.0 Å². The molecule has 1 aliphatic rings. The highest BCUT2D eigenvalue weighted by Crippen LogP contribution is 2.19. The summed E-state index contributed by atoms with van der Waals surface area (Å²) in [5, 5.41) is 0. The predicted molar refractivity (Wildman–Crippen MR) is 124 cm³/mol. The Bertz CT molecular complexity index is 1040. The number of benzene rings is 2. The van der Waals surface area contributed by atoms with E-state index in [1.54, 1.807) is 13.8 Å². The molecule has 1 aliphatic heterocycles. The lowest BCUT2D eigenvalue weighted by Gasteiger charge is -2.34. The lowest BCUT2D eigenvalue weighted by molar-refractivity contribution is -0.132. The topological polar surface area (TPSA) is 108 Å². The average Bonchev–Trinajstić information content (AvgIpc) is 2.83. The van der Waals surface area contributed by atoms with Crippen LogP contribution < -0.4 is 10.9 Å². The van der Waals surface area contributed by atoms with E-state index in [1.807, 2.05) is 18.2 Å². The Morgan fingerprint density at radius 1 is 0.970 bits per heavy atom. The van der Waals surface area contributed by atoms with E-state index in [2.05, 4.69) is 27.9 Å². The van der Waals surface area contributed by atoms with Crippen molar-refractivity contribution in [2.45, 2.75) is 31.4 Å². The minimum absolute atomic E-state index is 0.129. The number of hydrogen-bond donors (Lipinski definition) is 2. The smallest absolute Gasteiger partial charge is 0.269 e. The van der Waals surface area contributed by atoms with Gasteiger partial charge in [0.05, 0.1) is 4.90 Å². The van der Waals surface area contributed by atoms with E-state index >= 15 is 0 Å². The maximum absolute atomic E-state index is 13.0. The van der Waals surface area contributed by atoms with Crippen molar-refractivity contribution in [1.82, 2.24) is 20.1 Å². The number of amides is 2. The van der Waals surface area contributed by atoms with Crippen molar-refractivity contribution in [2.75, 3.05) is 32.8 Å². The lowest BCUT2D eigenvalue weighted by atomic mass is 10.2. The molecule has 1 atom stereocenters. The van der Waals surface area contributed by atoms with Crippen LogP contribution in [0.3, 0.4) is 0 Å². The van der Waals surface area contributed by atoms with Crippen LogP contribution >= 0.6 is 0 Å². The molecule has 1 fully saturated rings. The zero-order chi connectivity index (χ0) is 23.8. The molecule has 9 nitrogen and oxygen atoms in total. The summed E-state index contributed by atoms with van der Waals surface area (Å²) in [7, 11) is -3.66. The fraction of sp³-hybridized carbons (Fsp3) is 0.391. The molecule has 10 heteroatoms. The van der Waals surface area contributed by atoms with Crippen LogP contribution in [-0.2, 0) is 26.1 Å². The molecule has 33 heavy (non-hydrogen) atoms. The molecule has 0 spiro atoms. The normalized spacial score (nSPS) is 16.2. The number of sulfonamides is 1. The second-order valence-corrected chi connectivity index (χ2v) is 9.67. The number of rotatable bonds is 8. The second-order valence-electron chi connectivity index (χ2n) is 7.73. The highest BCUT2D eigenvalue weighted by molar-refractivity contribution is 7.89. The molecule has 0 bridgehead atoms. The maximum Gasteiger partial charge on any atom is 0.269 e. The Morgan fingerprint density at radius 3 is 2.21 bits per heavy atom. The molecule has 1 saturated heterocycles. The Kier molecular flexibility index (Phi) is 8.56. The number of nitrogens with zero attached hydrogens (tertiary/aromatic N) is 2. The fourth-order valence-electron chi connectivity index (χ4n) is 3.51. The van der Waals surface area contributed by atoms with Gasteiger partial charge in [-0.2, -0.15) is 4.31 Å². The first-order valence-electron chi connectivity index (χ1n) is 10.9. The molecule has 0 aromatic heterocycles. The van der Waals surface area contributed by atoms with Crippen molar-refractivity contribution >= 4 is 21.8 Å². The third-order valence-electron chi connectivity index (χ3n) is 5.42. The number of hydrogen-bond acceptors (Lipinski definition) is 6. The average molecular weight is 475 g/mol. The maximum atomic E-state index is 13.0. The van der Waals surface area contributed by atoms with Crippen LogP contribution in [0.2, 0.25) is 0 Å². The first-order valence-corrected chi connectivity index (χ1v) is 12.3. The summed E-state index contributed by atoms with van der Waals surface area (Å²) in [5.74, 6) is -1.03. The van der Waals surface area contributed by atoms with Crippen LogP contribution in [0.4, 0.5) is 0 Å². The molecule has 0 aliphatic carbocycles. The quantitative estimate of drug-likeness (QED) is 0.560. The van der Waals surface area contributed by atoms with Gasteiger partial charge in [-0.05, 0) is 43.7 Å². The van der Waals surface area contributed by atoms with Crippen molar-refractivity contribution in [1.29, 1.82) is 0 Å². The third kappa shape index (κ3) is 6.61. The van der Waals surface area contributed by atoms with E-state index in [-0.39, 0.29) is 10.5 Å². The predicted octanol–water partition coefficient (Wildman–Crippen LogP) is 1.38. The minimum Gasteiger partial charge on any atom is -0.369 e. The number of ether oxygens (including phenoxy) is 1. The van der Waals surface area contributed by atoms with Gasteiger partial charge < -0.3 is 4.74 Å². The van der Waals surface area contributed by atoms with Crippen LogP contribution in [0.25, 0.3) is 0 Å². The van der Waals surface area contributed by atoms with Crippen molar-refractivity contribution in [3.63, 3.8) is 0 Å². The van der Waals surface area contributed by atoms with Crippen LogP contribution in [0.15, 0.2) is 59.5 Å². The second kappa shape index (κ2) is 11.4. The van der Waals surface area contributed by atoms with Gasteiger partial charge in [-0.25, -0.2) is 8.42 Å². The van der Waals surface area contributed by atoms with Gasteiger partial charge in [0.15, 0.2) is 0 Å². The zero-order valence-corrected chi connectivity index (χ0v) is 19.7. The van der Waals surface area contributed by atoms with Crippen molar-refractivity contribution in [3.8, 4) is 0 Å². The summed E-state index contributed by atoms with van der Waals surface area (Å²) in [6.45, 7) is 6.61. The number of piperazine rings is 1. The highest BCUT2D eigenvalue weighted by Gasteiger charge is 2.28. The third-order valence-corrected chi connectivity index (χ3v) is 7.33. The summed E-state index contributed by atoms with van der Waals surface area (Å²) in [6.07, 6.45) is -0.698. The molecule has 178 valence electrons. The van der Waals surface area contributed by atoms with Crippen LogP contribution in [0.5, 0.6) is 0 Å². The first-order chi connectivity index (χ1) is 15.8. The van der Waals surface area contributed by atoms with Crippen molar-refractivity contribution in [3.05, 3.63) is 65.7 Å². The Balaban J connectivity index is 1.54. The molecule has 2 aromatic rings. The van der Waals surface area contributed by atoms with Gasteiger partial charge in [0.1, 0.15) is 6.10 Å². The van der Waals surface area contributed by atoms with Crippen LogP contribution in [0, 0.1) is 0 Å². The Morgan fingerprint density at radius 2 is 1.61 bits per heavy atom. The summed E-state index contributed by atoms with van der Waals surface area (Å²) >= 11 is 0. The number of nitrogens with one attached hydrogen (secondary N) is 2. The van der Waals surface area contributed by atoms with E-state index < -0.39 is 27.9 Å². The molecule has 0 saturated carbocycles. The zero-order valence-electron chi connectivity index (χ0n) is 18.9. The lowest BCUT2D eigenvalue weighted by Crippen LogP contribution is -2.48. The van der Waals surface area contributed by atoms with E-state index in [1.165, 1.54) is 34.1 Å². The summed E-state index contributed by atoms with van der Waals surface area (Å²) < 4.78 is 32.7. The summed E-state index contributed by atoms with van der Waals surface area (Å²) in [5.41, 5.74) is 6.02. The van der Waals surface area contributed by atoms with Crippen LogP contribution in [-0.4, -0.2) is 68.3 Å².